The molecule has 2 unspecified atom stereocenters. The molecule has 4 aliphatic carbocycles. The lowest BCUT2D eigenvalue weighted by Crippen LogP contribution is -2.57. The molecule has 3 aromatic rings. The van der Waals surface area contributed by atoms with Crippen molar-refractivity contribution in [3.63, 3.8) is 0 Å². The topological polar surface area (TPSA) is 108 Å². The number of anilines is 2. The first-order chi connectivity index (χ1) is 16.2. The van der Waals surface area contributed by atoms with Gasteiger partial charge in [-0.05, 0) is 80.4 Å². The number of halogens is 1. The lowest BCUT2D eigenvalue weighted by Gasteiger charge is -2.59. The standard InChI is InChI=1S/C25H29FN6O2/c1-12-4-17(21(27)33)18(26)7-19(12)29-23-28-11-20-22(30-23)32(24(34)31(20)3)25-8-14-5-15(9-25)13(2)16(6-14)10-25/h4,7,11,13-16H,5-6,8-10H2,1-3H3,(H2,27,33)(H,28,29,30). The molecule has 4 aliphatic rings. The van der Waals surface area contributed by atoms with Crippen molar-refractivity contribution in [2.45, 2.75) is 51.5 Å². The van der Waals surface area contributed by atoms with E-state index in [0.717, 1.165) is 19.3 Å². The minimum Gasteiger partial charge on any atom is -0.366 e. The minimum atomic E-state index is -0.817. The average Bonchev–Trinajstić information content (AvgIpc) is 3.03. The molecule has 8 nitrogen and oxygen atoms in total. The summed E-state index contributed by atoms with van der Waals surface area (Å²) in [6.45, 7) is 4.13. The van der Waals surface area contributed by atoms with Crippen LogP contribution in [0.1, 0.15) is 54.9 Å². The van der Waals surface area contributed by atoms with Gasteiger partial charge in [0.25, 0.3) is 5.91 Å². The van der Waals surface area contributed by atoms with Crippen LogP contribution in [0.2, 0.25) is 0 Å². The predicted molar refractivity (Wildman–Crippen MR) is 126 cm³/mol. The number of nitrogens with one attached hydrogen (secondary N) is 1. The van der Waals surface area contributed by atoms with Gasteiger partial charge in [-0.2, -0.15) is 4.98 Å². The quantitative estimate of drug-likeness (QED) is 0.614. The highest BCUT2D eigenvalue weighted by atomic mass is 19.1. The second kappa shape index (κ2) is 7.13. The second-order valence-electron chi connectivity index (χ2n) is 10.8. The van der Waals surface area contributed by atoms with Gasteiger partial charge in [0.2, 0.25) is 5.95 Å². The summed E-state index contributed by atoms with van der Waals surface area (Å²) in [7, 11) is 1.77. The third-order valence-electron chi connectivity index (χ3n) is 8.81. The van der Waals surface area contributed by atoms with Gasteiger partial charge in [-0.15, -0.1) is 0 Å². The third-order valence-corrected chi connectivity index (χ3v) is 8.81. The first kappa shape index (κ1) is 21.3. The highest BCUT2D eigenvalue weighted by molar-refractivity contribution is 5.94. The fourth-order valence-electron chi connectivity index (χ4n) is 7.23. The lowest BCUT2D eigenvalue weighted by molar-refractivity contribution is -0.0801. The van der Waals surface area contributed by atoms with Gasteiger partial charge in [0.1, 0.15) is 11.3 Å². The number of amides is 1. The SMILES string of the molecule is Cc1cc(C(N)=O)c(F)cc1Nc1ncc2c(n1)n(C13CC4CC(C1)C(C)C(C4)C3)c(=O)n2C. The molecule has 4 saturated carbocycles. The number of imidazole rings is 1. The van der Waals surface area contributed by atoms with Gasteiger partial charge in [-0.1, -0.05) is 6.92 Å². The van der Waals surface area contributed by atoms with Gasteiger partial charge in [0.05, 0.1) is 17.3 Å². The molecule has 2 aromatic heterocycles. The zero-order chi connectivity index (χ0) is 23.9. The smallest absolute Gasteiger partial charge is 0.330 e. The van der Waals surface area contributed by atoms with Crippen molar-refractivity contribution in [2.24, 2.45) is 36.5 Å². The first-order valence-electron chi connectivity index (χ1n) is 12.0. The average molecular weight is 465 g/mol. The molecule has 1 amide bonds. The van der Waals surface area contributed by atoms with Crippen molar-refractivity contribution in [3.8, 4) is 0 Å². The third kappa shape index (κ3) is 2.95. The molecule has 4 bridgehead atoms. The molecule has 1 aromatic carbocycles. The van der Waals surface area contributed by atoms with Gasteiger partial charge in [-0.25, -0.2) is 14.2 Å². The van der Waals surface area contributed by atoms with Crippen molar-refractivity contribution in [2.75, 3.05) is 5.32 Å². The van der Waals surface area contributed by atoms with Crippen LogP contribution in [0.15, 0.2) is 23.1 Å². The van der Waals surface area contributed by atoms with E-state index in [1.165, 1.54) is 25.0 Å². The van der Waals surface area contributed by atoms with E-state index in [4.69, 9.17) is 10.7 Å². The number of nitrogens with zero attached hydrogens (tertiary/aromatic N) is 4. The first-order valence-corrected chi connectivity index (χ1v) is 12.0. The van der Waals surface area contributed by atoms with E-state index >= 15 is 0 Å². The summed E-state index contributed by atoms with van der Waals surface area (Å²) in [5.74, 6) is 1.45. The van der Waals surface area contributed by atoms with Crippen LogP contribution in [0, 0.1) is 36.4 Å². The molecule has 9 heteroatoms. The number of benzene rings is 1. The Balaban J connectivity index is 1.44. The number of carbonyl (C=O) groups excluding carboxylic acids is 1. The fraction of sp³-hybridized carbons (Fsp3) is 0.520. The number of aryl methyl sites for hydroxylation is 2. The number of hydrogen-bond acceptors (Lipinski definition) is 5. The summed E-state index contributed by atoms with van der Waals surface area (Å²) in [5.41, 5.74) is 7.23. The molecule has 0 radical (unpaired) electrons. The zero-order valence-corrected chi connectivity index (χ0v) is 19.6. The summed E-state index contributed by atoms with van der Waals surface area (Å²) in [6, 6.07) is 2.63. The molecule has 7 rings (SSSR count). The maximum atomic E-state index is 14.4. The van der Waals surface area contributed by atoms with Crippen LogP contribution in [0.25, 0.3) is 11.2 Å². The van der Waals surface area contributed by atoms with E-state index < -0.39 is 11.7 Å². The van der Waals surface area contributed by atoms with Crippen LogP contribution in [-0.4, -0.2) is 25.0 Å². The monoisotopic (exact) mass is 464 g/mol. The second-order valence-corrected chi connectivity index (χ2v) is 10.8. The maximum absolute atomic E-state index is 14.4. The molecule has 2 atom stereocenters. The number of hydrogen-bond donors (Lipinski definition) is 2. The van der Waals surface area contributed by atoms with E-state index in [2.05, 4.69) is 17.2 Å². The Morgan fingerprint density at radius 1 is 1.24 bits per heavy atom. The molecule has 0 aliphatic heterocycles. The summed E-state index contributed by atoms with van der Waals surface area (Å²) >= 11 is 0. The van der Waals surface area contributed by atoms with Gasteiger partial charge in [-0.3, -0.25) is 13.9 Å². The zero-order valence-electron chi connectivity index (χ0n) is 19.6. The van der Waals surface area contributed by atoms with Crippen molar-refractivity contribution in [3.05, 3.63) is 45.8 Å². The summed E-state index contributed by atoms with van der Waals surface area (Å²) in [4.78, 5) is 34.1. The van der Waals surface area contributed by atoms with Gasteiger partial charge < -0.3 is 11.1 Å². The number of carbonyl (C=O) groups is 1. The predicted octanol–water partition coefficient (Wildman–Crippen LogP) is 3.59. The van der Waals surface area contributed by atoms with Gasteiger partial charge >= 0.3 is 5.69 Å². The minimum absolute atomic E-state index is 0.0518. The highest BCUT2D eigenvalue weighted by Gasteiger charge is 2.56. The van der Waals surface area contributed by atoms with Crippen LogP contribution < -0.4 is 16.7 Å². The van der Waals surface area contributed by atoms with Crippen LogP contribution in [0.3, 0.4) is 0 Å². The Hall–Kier alpha value is -3.23. The Kier molecular flexibility index (Phi) is 4.47. The van der Waals surface area contributed by atoms with Crippen molar-refractivity contribution < 1.29 is 9.18 Å². The molecular formula is C25H29FN6O2. The normalized spacial score (nSPS) is 29.6. The fourth-order valence-corrected chi connectivity index (χ4v) is 7.23. The molecule has 3 N–H and O–H groups in total. The molecule has 2 heterocycles. The van der Waals surface area contributed by atoms with E-state index in [0.29, 0.717) is 46.1 Å². The van der Waals surface area contributed by atoms with Crippen LogP contribution in [0.4, 0.5) is 16.0 Å². The number of nitrogens with two attached hydrogens (primary N) is 1. The maximum Gasteiger partial charge on any atom is 0.330 e. The van der Waals surface area contributed by atoms with Crippen molar-refractivity contribution >= 4 is 28.7 Å². The van der Waals surface area contributed by atoms with E-state index in [1.807, 2.05) is 4.57 Å². The molecule has 0 saturated heterocycles. The molecule has 0 spiro atoms. The van der Waals surface area contributed by atoms with Gasteiger partial charge in [0, 0.05) is 12.7 Å². The summed E-state index contributed by atoms with van der Waals surface area (Å²) in [6.07, 6.45) is 7.25. The Morgan fingerprint density at radius 3 is 2.62 bits per heavy atom. The Bertz CT molecular complexity index is 1390. The lowest BCUT2D eigenvalue weighted by atomic mass is 9.49. The summed E-state index contributed by atoms with van der Waals surface area (Å²) < 4.78 is 18.0. The molecular weight excluding hydrogens is 435 g/mol. The molecule has 178 valence electrons. The Morgan fingerprint density at radius 2 is 1.94 bits per heavy atom. The summed E-state index contributed by atoms with van der Waals surface area (Å²) in [5, 5.41) is 3.07. The van der Waals surface area contributed by atoms with E-state index in [1.54, 1.807) is 24.7 Å². The van der Waals surface area contributed by atoms with Crippen molar-refractivity contribution in [1.82, 2.24) is 19.1 Å². The van der Waals surface area contributed by atoms with Crippen LogP contribution in [0.5, 0.6) is 0 Å². The van der Waals surface area contributed by atoms with E-state index in [9.17, 15) is 14.0 Å². The molecule has 4 fully saturated rings. The van der Waals surface area contributed by atoms with Gasteiger partial charge in [0.15, 0.2) is 5.65 Å². The van der Waals surface area contributed by atoms with Crippen LogP contribution >= 0.6 is 0 Å². The van der Waals surface area contributed by atoms with Crippen molar-refractivity contribution in [1.29, 1.82) is 0 Å². The Labute approximate surface area is 196 Å². The largest absolute Gasteiger partial charge is 0.366 e. The van der Waals surface area contributed by atoms with E-state index in [-0.39, 0.29) is 22.7 Å². The van der Waals surface area contributed by atoms with Crippen LogP contribution in [-0.2, 0) is 12.6 Å². The highest BCUT2D eigenvalue weighted by Crippen LogP contribution is 2.61. The number of primary amides is 1. The number of fused-ring (bicyclic) bond motifs is 1. The molecule has 34 heavy (non-hydrogen) atoms. The number of aromatic nitrogens is 4. The number of rotatable bonds is 4.